The van der Waals surface area contributed by atoms with Gasteiger partial charge in [-0.3, -0.25) is 4.79 Å². The molecule has 1 aromatic rings. The summed E-state index contributed by atoms with van der Waals surface area (Å²) in [5.41, 5.74) is 2.27. The van der Waals surface area contributed by atoms with E-state index in [4.69, 9.17) is 14.6 Å². The SMILES string of the molecule is Cc1cccc(C)c1NC(=O)C(C)NC(=O)O[C@@H]1O[C@H](C(=O)O)[C@@H](O)[C@H](O)[C@H]1O. The molecule has 6 atom stereocenters. The van der Waals surface area contributed by atoms with E-state index in [0.717, 1.165) is 11.1 Å². The van der Waals surface area contributed by atoms with E-state index in [1.54, 1.807) is 0 Å². The van der Waals surface area contributed by atoms with Crippen LogP contribution < -0.4 is 10.6 Å². The fourth-order valence-corrected chi connectivity index (χ4v) is 2.77. The Morgan fingerprint density at radius 3 is 2.21 bits per heavy atom. The van der Waals surface area contributed by atoms with E-state index in [9.17, 15) is 29.7 Å². The van der Waals surface area contributed by atoms with Crippen LogP contribution >= 0.6 is 0 Å². The van der Waals surface area contributed by atoms with E-state index >= 15 is 0 Å². The maximum atomic E-state index is 12.3. The maximum absolute atomic E-state index is 12.3. The van der Waals surface area contributed by atoms with Gasteiger partial charge in [0.15, 0.2) is 6.10 Å². The normalized spacial score (nSPS) is 27.6. The van der Waals surface area contributed by atoms with E-state index < -0.39 is 54.7 Å². The summed E-state index contributed by atoms with van der Waals surface area (Å²) in [6.07, 6.45) is -10.7. The first-order valence-corrected chi connectivity index (χ1v) is 8.79. The Morgan fingerprint density at radius 2 is 1.66 bits per heavy atom. The van der Waals surface area contributed by atoms with Crippen LogP contribution in [-0.2, 0) is 19.1 Å². The number of amides is 2. The molecule has 29 heavy (non-hydrogen) atoms. The van der Waals surface area contributed by atoms with Gasteiger partial charge in [-0.05, 0) is 31.9 Å². The molecule has 1 fully saturated rings. The van der Waals surface area contributed by atoms with Crippen LogP contribution in [-0.4, -0.2) is 75.1 Å². The smallest absolute Gasteiger partial charge is 0.410 e. The predicted octanol–water partition coefficient (Wildman–Crippen LogP) is -0.751. The lowest BCUT2D eigenvalue weighted by molar-refractivity contribution is -0.278. The minimum atomic E-state index is -1.91. The Kier molecular flexibility index (Phi) is 7.14. The van der Waals surface area contributed by atoms with Gasteiger partial charge < -0.3 is 40.5 Å². The topological polar surface area (TPSA) is 175 Å². The van der Waals surface area contributed by atoms with Gasteiger partial charge in [0.1, 0.15) is 24.4 Å². The summed E-state index contributed by atoms with van der Waals surface area (Å²) < 4.78 is 9.62. The fraction of sp³-hybridized carbons (Fsp3) is 0.500. The molecule has 6 N–H and O–H groups in total. The number of benzene rings is 1. The summed E-state index contributed by atoms with van der Waals surface area (Å²) >= 11 is 0. The molecule has 1 unspecified atom stereocenters. The number of para-hydroxylation sites is 1. The molecular weight excluding hydrogens is 388 g/mol. The van der Waals surface area contributed by atoms with Gasteiger partial charge in [0, 0.05) is 5.69 Å². The predicted molar refractivity (Wildman–Crippen MR) is 97.9 cm³/mol. The van der Waals surface area contributed by atoms with Gasteiger partial charge in [0.05, 0.1) is 0 Å². The van der Waals surface area contributed by atoms with Crippen LogP contribution in [0, 0.1) is 13.8 Å². The average Bonchev–Trinajstić information content (AvgIpc) is 2.64. The van der Waals surface area contributed by atoms with Crippen molar-refractivity contribution in [3.63, 3.8) is 0 Å². The molecule has 1 aromatic carbocycles. The molecule has 0 bridgehead atoms. The van der Waals surface area contributed by atoms with E-state index in [0.29, 0.717) is 5.69 Å². The van der Waals surface area contributed by atoms with Gasteiger partial charge in [0.25, 0.3) is 0 Å². The Bertz CT molecular complexity index is 764. The third kappa shape index (κ3) is 5.21. The largest absolute Gasteiger partial charge is 0.479 e. The second-order valence-electron chi connectivity index (χ2n) is 6.76. The monoisotopic (exact) mass is 412 g/mol. The van der Waals surface area contributed by atoms with Gasteiger partial charge in [-0.15, -0.1) is 0 Å². The summed E-state index contributed by atoms with van der Waals surface area (Å²) in [5, 5.41) is 43.1. The number of rotatable bonds is 5. The average molecular weight is 412 g/mol. The second-order valence-corrected chi connectivity index (χ2v) is 6.76. The fourth-order valence-electron chi connectivity index (χ4n) is 2.77. The molecule has 1 heterocycles. The van der Waals surface area contributed by atoms with E-state index in [1.165, 1.54) is 6.92 Å². The van der Waals surface area contributed by atoms with Crippen LogP contribution in [0.3, 0.4) is 0 Å². The van der Waals surface area contributed by atoms with Crippen molar-refractivity contribution in [2.45, 2.75) is 57.5 Å². The van der Waals surface area contributed by atoms with Gasteiger partial charge >= 0.3 is 12.1 Å². The van der Waals surface area contributed by atoms with Crippen molar-refractivity contribution in [3.8, 4) is 0 Å². The van der Waals surface area contributed by atoms with Crippen LogP contribution in [0.25, 0.3) is 0 Å². The lowest BCUT2D eigenvalue weighted by Gasteiger charge is -2.37. The second kappa shape index (κ2) is 9.18. The molecule has 0 radical (unpaired) electrons. The zero-order valence-electron chi connectivity index (χ0n) is 16.0. The lowest BCUT2D eigenvalue weighted by atomic mass is 9.99. The Morgan fingerprint density at radius 1 is 1.07 bits per heavy atom. The van der Waals surface area contributed by atoms with E-state index in [2.05, 4.69) is 10.6 Å². The summed E-state index contributed by atoms with van der Waals surface area (Å²) in [6.45, 7) is 5.02. The standard InChI is InChI=1S/C18H24N2O9/c1-7-5-4-6-8(2)10(7)20-15(24)9(3)19-18(27)29-17-13(23)11(21)12(22)14(28-17)16(25)26/h4-6,9,11-14,17,21-23H,1-3H3,(H,19,27)(H,20,24)(H,25,26)/t9?,11-,12-,13+,14-,17-/m0/s1. The molecule has 1 aliphatic heterocycles. The number of aliphatic carboxylic acids is 1. The van der Waals surface area contributed by atoms with Crippen molar-refractivity contribution in [1.82, 2.24) is 5.32 Å². The number of hydrogen-bond acceptors (Lipinski definition) is 8. The number of ether oxygens (including phenoxy) is 2. The number of carbonyl (C=O) groups is 3. The third-order valence-electron chi connectivity index (χ3n) is 4.49. The molecule has 2 amide bonds. The number of carboxylic acids is 1. The summed E-state index contributed by atoms with van der Waals surface area (Å²) in [6, 6.07) is 4.42. The number of aliphatic hydroxyl groups is 3. The first-order valence-electron chi connectivity index (χ1n) is 8.79. The maximum Gasteiger partial charge on any atom is 0.410 e. The molecule has 0 spiro atoms. The zero-order valence-corrected chi connectivity index (χ0v) is 16.0. The van der Waals surface area contributed by atoms with Gasteiger partial charge in [-0.25, -0.2) is 9.59 Å². The first kappa shape index (κ1) is 22.6. The molecule has 0 saturated carbocycles. The Hall–Kier alpha value is -2.73. The highest BCUT2D eigenvalue weighted by Gasteiger charge is 2.48. The van der Waals surface area contributed by atoms with Crippen molar-refractivity contribution in [1.29, 1.82) is 0 Å². The molecule has 11 nitrogen and oxygen atoms in total. The third-order valence-corrected chi connectivity index (χ3v) is 4.49. The van der Waals surface area contributed by atoms with Crippen molar-refractivity contribution < 1.29 is 44.3 Å². The zero-order chi connectivity index (χ0) is 21.9. The molecule has 11 heteroatoms. The van der Waals surface area contributed by atoms with Crippen LogP contribution in [0.4, 0.5) is 10.5 Å². The number of hydrogen-bond donors (Lipinski definition) is 6. The number of carboxylic acid groups (broad SMARTS) is 1. The molecule has 2 rings (SSSR count). The number of aryl methyl sites for hydroxylation is 2. The Labute approximate surface area is 166 Å². The number of alkyl carbamates (subject to hydrolysis) is 1. The van der Waals surface area contributed by atoms with Crippen molar-refractivity contribution >= 4 is 23.7 Å². The minimum Gasteiger partial charge on any atom is -0.479 e. The van der Waals surface area contributed by atoms with Gasteiger partial charge in [0.2, 0.25) is 12.2 Å². The summed E-state index contributed by atoms with van der Waals surface area (Å²) in [4.78, 5) is 35.4. The highest BCUT2D eigenvalue weighted by atomic mass is 16.7. The van der Waals surface area contributed by atoms with Crippen LogP contribution in [0.5, 0.6) is 0 Å². The number of aliphatic hydroxyl groups excluding tert-OH is 3. The number of nitrogens with one attached hydrogen (secondary N) is 2. The molecule has 0 aromatic heterocycles. The molecule has 1 aliphatic rings. The molecule has 160 valence electrons. The Balaban J connectivity index is 1.97. The van der Waals surface area contributed by atoms with Crippen molar-refractivity contribution in [3.05, 3.63) is 29.3 Å². The van der Waals surface area contributed by atoms with E-state index in [1.807, 2.05) is 32.0 Å². The molecule has 1 saturated heterocycles. The van der Waals surface area contributed by atoms with Crippen molar-refractivity contribution in [2.24, 2.45) is 0 Å². The van der Waals surface area contributed by atoms with Crippen LogP contribution in [0.2, 0.25) is 0 Å². The van der Waals surface area contributed by atoms with Crippen molar-refractivity contribution in [2.75, 3.05) is 5.32 Å². The lowest BCUT2D eigenvalue weighted by Crippen LogP contribution is -2.61. The molecule has 0 aliphatic carbocycles. The van der Waals surface area contributed by atoms with Gasteiger partial charge in [-0.2, -0.15) is 0 Å². The highest BCUT2D eigenvalue weighted by molar-refractivity contribution is 5.97. The highest BCUT2D eigenvalue weighted by Crippen LogP contribution is 2.23. The number of carbonyl (C=O) groups excluding carboxylic acids is 2. The summed E-state index contributed by atoms with van der Waals surface area (Å²) in [7, 11) is 0. The van der Waals surface area contributed by atoms with Gasteiger partial charge in [-0.1, -0.05) is 18.2 Å². The summed E-state index contributed by atoms with van der Waals surface area (Å²) in [5.74, 6) is -2.15. The number of anilines is 1. The molecular formula is C18H24N2O9. The minimum absolute atomic E-state index is 0.539. The van der Waals surface area contributed by atoms with Crippen LogP contribution in [0.1, 0.15) is 18.1 Å². The van der Waals surface area contributed by atoms with Crippen LogP contribution in [0.15, 0.2) is 18.2 Å². The quantitative estimate of drug-likeness (QED) is 0.363. The van der Waals surface area contributed by atoms with E-state index in [-0.39, 0.29) is 0 Å². The first-order chi connectivity index (χ1) is 13.5.